The maximum atomic E-state index is 11.7. The molecule has 0 radical (unpaired) electrons. The fraction of sp³-hybridized carbons (Fsp3) is 0. The number of carbonyl (C=O) groups is 1. The lowest BCUT2D eigenvalue weighted by Gasteiger charge is -1.95. The third-order valence-electron chi connectivity index (χ3n) is 2.02. The van der Waals surface area contributed by atoms with Crippen LogP contribution in [0.5, 0.6) is 0 Å². The number of carbonyl (C=O) groups excluding carboxylic acids is 1. The number of nitrogens with zero attached hydrogens (tertiary/aromatic N) is 1. The summed E-state index contributed by atoms with van der Waals surface area (Å²) in [5.74, 6) is -0.188. The molecule has 0 bridgehead atoms. The lowest BCUT2D eigenvalue weighted by molar-refractivity contribution is -0.115. The van der Waals surface area contributed by atoms with Gasteiger partial charge in [-0.1, -0.05) is 30.3 Å². The van der Waals surface area contributed by atoms with Crippen LogP contribution in [-0.4, -0.2) is 16.2 Å². The zero-order chi connectivity index (χ0) is 13.0. The zero-order valence-electron chi connectivity index (χ0n) is 9.21. The van der Waals surface area contributed by atoms with Gasteiger partial charge < -0.3 is 5.73 Å². The number of nitrogens with two attached hydrogens (primary N) is 1. The first-order chi connectivity index (χ1) is 8.65. The van der Waals surface area contributed by atoms with Crippen molar-refractivity contribution < 1.29 is 4.79 Å². The molecule has 7 heteroatoms. The van der Waals surface area contributed by atoms with E-state index in [4.69, 9.17) is 5.73 Å². The molecule has 0 saturated carbocycles. The Morgan fingerprint density at radius 3 is 2.83 bits per heavy atom. The Balaban J connectivity index is 2.13. The molecule has 1 aromatic rings. The van der Waals surface area contributed by atoms with E-state index in [1.165, 1.54) is 11.8 Å². The first-order valence-electron chi connectivity index (χ1n) is 5.04. The molecule has 1 aliphatic heterocycles. The first kappa shape index (κ1) is 12.6. The van der Waals surface area contributed by atoms with Gasteiger partial charge in [0, 0.05) is 0 Å². The second-order valence-corrected chi connectivity index (χ2v) is 4.84. The molecular formula is C11H10N4OS2. The Kier molecular flexibility index (Phi) is 3.96. The molecule has 1 aromatic carbocycles. The minimum Gasteiger partial charge on any atom is -0.375 e. The SMILES string of the molecule is NC(=S)N/N=C1\NC(=O)/C(=C\c2ccccc2)S1. The molecule has 4 N–H and O–H groups in total. The number of amides is 1. The molecule has 1 aliphatic rings. The van der Waals surface area contributed by atoms with E-state index in [0.717, 1.165) is 5.56 Å². The third-order valence-corrected chi connectivity index (χ3v) is 3.02. The summed E-state index contributed by atoms with van der Waals surface area (Å²) >= 11 is 5.85. The Hall–Kier alpha value is -1.86. The van der Waals surface area contributed by atoms with Gasteiger partial charge in [-0.05, 0) is 35.6 Å². The van der Waals surface area contributed by atoms with E-state index in [2.05, 4.69) is 28.1 Å². The van der Waals surface area contributed by atoms with Crippen LogP contribution in [0.4, 0.5) is 0 Å². The number of benzene rings is 1. The Bertz CT molecular complexity index is 539. The normalized spacial score (nSPS) is 19.0. The zero-order valence-corrected chi connectivity index (χ0v) is 10.8. The molecular weight excluding hydrogens is 268 g/mol. The summed E-state index contributed by atoms with van der Waals surface area (Å²) in [5, 5.41) is 6.94. The lowest BCUT2D eigenvalue weighted by Crippen LogP contribution is -2.28. The van der Waals surface area contributed by atoms with Crippen molar-refractivity contribution in [1.29, 1.82) is 0 Å². The molecule has 1 saturated heterocycles. The molecule has 18 heavy (non-hydrogen) atoms. The van der Waals surface area contributed by atoms with Crippen LogP contribution in [0.2, 0.25) is 0 Å². The number of rotatable bonds is 2. The summed E-state index contributed by atoms with van der Waals surface area (Å²) in [6.45, 7) is 0. The van der Waals surface area contributed by atoms with Crippen LogP contribution < -0.4 is 16.5 Å². The van der Waals surface area contributed by atoms with Crippen molar-refractivity contribution in [1.82, 2.24) is 10.7 Å². The number of thioether (sulfide) groups is 1. The van der Waals surface area contributed by atoms with E-state index in [-0.39, 0.29) is 11.0 Å². The highest BCUT2D eigenvalue weighted by molar-refractivity contribution is 8.18. The highest BCUT2D eigenvalue weighted by Crippen LogP contribution is 2.25. The number of amidine groups is 1. The summed E-state index contributed by atoms with van der Waals surface area (Å²) in [7, 11) is 0. The van der Waals surface area contributed by atoms with Crippen LogP contribution in [0, 0.1) is 0 Å². The van der Waals surface area contributed by atoms with Gasteiger partial charge in [-0.2, -0.15) is 0 Å². The molecule has 1 fully saturated rings. The van der Waals surface area contributed by atoms with Crippen LogP contribution in [-0.2, 0) is 4.79 Å². The first-order valence-corrected chi connectivity index (χ1v) is 6.27. The average Bonchev–Trinajstić information content (AvgIpc) is 2.69. The van der Waals surface area contributed by atoms with Crippen LogP contribution in [0.25, 0.3) is 6.08 Å². The number of hydrazone groups is 1. The summed E-state index contributed by atoms with van der Waals surface area (Å²) in [5.41, 5.74) is 8.62. The van der Waals surface area contributed by atoms with Crippen LogP contribution >= 0.6 is 24.0 Å². The molecule has 2 rings (SSSR count). The summed E-state index contributed by atoms with van der Waals surface area (Å²) in [6, 6.07) is 9.58. The van der Waals surface area contributed by atoms with Gasteiger partial charge in [-0.3, -0.25) is 15.5 Å². The molecule has 92 valence electrons. The summed E-state index contributed by atoms with van der Waals surface area (Å²) in [6.07, 6.45) is 1.79. The van der Waals surface area contributed by atoms with E-state index in [9.17, 15) is 4.79 Å². The minimum atomic E-state index is -0.188. The van der Waals surface area contributed by atoms with Crippen LogP contribution in [0.1, 0.15) is 5.56 Å². The maximum Gasteiger partial charge on any atom is 0.264 e. The molecule has 5 nitrogen and oxygen atoms in total. The molecule has 0 aliphatic carbocycles. The van der Waals surface area contributed by atoms with Gasteiger partial charge in [0.05, 0.1) is 4.91 Å². The van der Waals surface area contributed by atoms with Gasteiger partial charge in [0.1, 0.15) is 0 Å². The topological polar surface area (TPSA) is 79.5 Å². The predicted molar refractivity (Wildman–Crippen MR) is 77.5 cm³/mol. The van der Waals surface area contributed by atoms with Crippen molar-refractivity contribution >= 4 is 46.2 Å². The van der Waals surface area contributed by atoms with Crippen molar-refractivity contribution in [2.45, 2.75) is 0 Å². The van der Waals surface area contributed by atoms with Gasteiger partial charge >= 0.3 is 0 Å². The standard InChI is InChI=1S/C11H10N4OS2/c12-10(17)14-15-11-13-9(16)8(18-11)6-7-4-2-1-3-5-7/h1-6H,(H3,12,14,17)(H,13,15,16)/b8-6+. The summed E-state index contributed by atoms with van der Waals surface area (Å²) in [4.78, 5) is 12.2. The predicted octanol–water partition coefficient (Wildman–Crippen LogP) is 0.995. The van der Waals surface area contributed by atoms with E-state index in [1.54, 1.807) is 6.08 Å². The average molecular weight is 278 g/mol. The second kappa shape index (κ2) is 5.65. The fourth-order valence-corrected chi connectivity index (χ4v) is 2.11. The van der Waals surface area contributed by atoms with Crippen molar-refractivity contribution in [3.63, 3.8) is 0 Å². The largest absolute Gasteiger partial charge is 0.375 e. The smallest absolute Gasteiger partial charge is 0.264 e. The number of hydrogen-bond acceptors (Lipinski definition) is 4. The van der Waals surface area contributed by atoms with Gasteiger partial charge in [0.2, 0.25) is 0 Å². The molecule has 0 atom stereocenters. The van der Waals surface area contributed by atoms with E-state index >= 15 is 0 Å². The Morgan fingerprint density at radius 2 is 2.17 bits per heavy atom. The molecule has 1 amide bonds. The van der Waals surface area contributed by atoms with Crippen molar-refractivity contribution in [3.8, 4) is 0 Å². The van der Waals surface area contributed by atoms with Crippen LogP contribution in [0.15, 0.2) is 40.3 Å². The fourth-order valence-electron chi connectivity index (χ4n) is 1.29. The van der Waals surface area contributed by atoms with Gasteiger partial charge in [-0.15, -0.1) is 5.10 Å². The molecule has 0 aromatic heterocycles. The third kappa shape index (κ3) is 3.31. The van der Waals surface area contributed by atoms with Gasteiger partial charge in [-0.25, -0.2) is 0 Å². The van der Waals surface area contributed by atoms with E-state index in [0.29, 0.717) is 10.1 Å². The molecule has 0 spiro atoms. The van der Waals surface area contributed by atoms with Crippen molar-refractivity contribution in [2.75, 3.05) is 0 Å². The Labute approximate surface area is 114 Å². The molecule has 1 heterocycles. The summed E-state index contributed by atoms with van der Waals surface area (Å²) < 4.78 is 0. The maximum absolute atomic E-state index is 11.7. The number of nitrogens with one attached hydrogen (secondary N) is 2. The highest BCUT2D eigenvalue weighted by Gasteiger charge is 2.23. The number of thiocarbonyl (C=S) groups is 1. The van der Waals surface area contributed by atoms with Gasteiger partial charge in [0.15, 0.2) is 10.3 Å². The molecule has 0 unspecified atom stereocenters. The second-order valence-electron chi connectivity index (χ2n) is 3.37. The van der Waals surface area contributed by atoms with Crippen molar-refractivity contribution in [2.24, 2.45) is 10.8 Å². The monoisotopic (exact) mass is 278 g/mol. The van der Waals surface area contributed by atoms with E-state index in [1.807, 2.05) is 30.3 Å². The van der Waals surface area contributed by atoms with Gasteiger partial charge in [0.25, 0.3) is 5.91 Å². The van der Waals surface area contributed by atoms with Crippen LogP contribution in [0.3, 0.4) is 0 Å². The highest BCUT2D eigenvalue weighted by atomic mass is 32.2. The minimum absolute atomic E-state index is 0.0536. The Morgan fingerprint density at radius 1 is 1.44 bits per heavy atom. The van der Waals surface area contributed by atoms with Crippen molar-refractivity contribution in [3.05, 3.63) is 40.8 Å². The van der Waals surface area contributed by atoms with E-state index < -0.39 is 0 Å². The quantitative estimate of drug-likeness (QED) is 0.427. The lowest BCUT2D eigenvalue weighted by atomic mass is 10.2. The number of hydrogen-bond donors (Lipinski definition) is 3.